The molecule has 1 fully saturated rings. The summed E-state index contributed by atoms with van der Waals surface area (Å²) in [4.78, 5) is 4.82. The molecular formula is C17H28N2O. The SMILES string of the molecule is Cc1ccc(C(O)CCN(C)C2CCN(C)CC2)cc1. The Balaban J connectivity index is 1.77. The van der Waals surface area contributed by atoms with Crippen molar-refractivity contribution in [2.24, 2.45) is 0 Å². The van der Waals surface area contributed by atoms with Crippen LogP contribution in [0.1, 0.15) is 36.5 Å². The molecule has 0 aromatic heterocycles. The van der Waals surface area contributed by atoms with Crippen LogP contribution in [0.2, 0.25) is 0 Å². The lowest BCUT2D eigenvalue weighted by Gasteiger charge is -2.35. The van der Waals surface area contributed by atoms with Crippen molar-refractivity contribution in [3.05, 3.63) is 35.4 Å². The van der Waals surface area contributed by atoms with Crippen LogP contribution in [0.25, 0.3) is 0 Å². The second kappa shape index (κ2) is 7.21. The Labute approximate surface area is 123 Å². The molecule has 1 aliphatic heterocycles. The third-order valence-electron chi connectivity index (χ3n) is 4.53. The van der Waals surface area contributed by atoms with Crippen molar-refractivity contribution < 1.29 is 5.11 Å². The highest BCUT2D eigenvalue weighted by Crippen LogP contribution is 2.20. The number of aliphatic hydroxyl groups excluding tert-OH is 1. The zero-order valence-electron chi connectivity index (χ0n) is 13.0. The summed E-state index contributed by atoms with van der Waals surface area (Å²) in [6, 6.07) is 8.89. The molecule has 3 nitrogen and oxygen atoms in total. The molecule has 112 valence electrons. The fourth-order valence-electron chi connectivity index (χ4n) is 2.90. The Morgan fingerprint density at radius 3 is 2.45 bits per heavy atom. The van der Waals surface area contributed by atoms with Gasteiger partial charge >= 0.3 is 0 Å². The van der Waals surface area contributed by atoms with E-state index >= 15 is 0 Å². The van der Waals surface area contributed by atoms with Crippen molar-refractivity contribution in [1.29, 1.82) is 0 Å². The lowest BCUT2D eigenvalue weighted by Crippen LogP contribution is -2.42. The fourth-order valence-corrected chi connectivity index (χ4v) is 2.90. The third-order valence-corrected chi connectivity index (χ3v) is 4.53. The molecule has 0 aliphatic carbocycles. The van der Waals surface area contributed by atoms with Gasteiger partial charge in [0, 0.05) is 12.6 Å². The number of hydrogen-bond acceptors (Lipinski definition) is 3. The van der Waals surface area contributed by atoms with Gasteiger partial charge in [-0.2, -0.15) is 0 Å². The van der Waals surface area contributed by atoms with Crippen molar-refractivity contribution in [2.75, 3.05) is 33.7 Å². The number of aryl methyl sites for hydroxylation is 1. The molecule has 1 aromatic carbocycles. The van der Waals surface area contributed by atoms with E-state index in [0.29, 0.717) is 6.04 Å². The van der Waals surface area contributed by atoms with Gasteiger partial charge in [0.05, 0.1) is 6.10 Å². The van der Waals surface area contributed by atoms with Gasteiger partial charge in [0.2, 0.25) is 0 Å². The first-order valence-corrected chi connectivity index (χ1v) is 7.69. The molecule has 20 heavy (non-hydrogen) atoms. The number of nitrogens with zero attached hydrogens (tertiary/aromatic N) is 2. The number of benzene rings is 1. The van der Waals surface area contributed by atoms with Crippen LogP contribution in [-0.4, -0.2) is 54.7 Å². The summed E-state index contributed by atoms with van der Waals surface area (Å²) in [5.41, 5.74) is 2.27. The summed E-state index contributed by atoms with van der Waals surface area (Å²) < 4.78 is 0. The number of likely N-dealkylation sites (tertiary alicyclic amines) is 1. The van der Waals surface area contributed by atoms with Gasteiger partial charge in [-0.15, -0.1) is 0 Å². The predicted octanol–water partition coefficient (Wildman–Crippen LogP) is 2.44. The van der Waals surface area contributed by atoms with Gasteiger partial charge in [0.15, 0.2) is 0 Å². The molecule has 0 amide bonds. The first-order valence-electron chi connectivity index (χ1n) is 7.69. The predicted molar refractivity (Wildman–Crippen MR) is 83.9 cm³/mol. The smallest absolute Gasteiger partial charge is 0.0802 e. The van der Waals surface area contributed by atoms with Crippen molar-refractivity contribution in [3.8, 4) is 0 Å². The molecule has 1 atom stereocenters. The molecule has 1 heterocycles. The highest BCUT2D eigenvalue weighted by Gasteiger charge is 2.20. The summed E-state index contributed by atoms with van der Waals surface area (Å²) in [6.45, 7) is 5.42. The van der Waals surface area contributed by atoms with Gasteiger partial charge in [-0.3, -0.25) is 0 Å². The van der Waals surface area contributed by atoms with Crippen molar-refractivity contribution in [2.45, 2.75) is 38.3 Å². The Morgan fingerprint density at radius 1 is 1.25 bits per heavy atom. The topological polar surface area (TPSA) is 26.7 Å². The molecule has 1 aromatic rings. The maximum absolute atomic E-state index is 10.3. The Kier molecular flexibility index (Phi) is 5.58. The average Bonchev–Trinajstić information content (AvgIpc) is 2.46. The molecule has 0 saturated carbocycles. The zero-order chi connectivity index (χ0) is 14.5. The standard InChI is InChI=1S/C17H28N2O/c1-14-4-6-15(7-5-14)17(20)10-13-19(3)16-8-11-18(2)12-9-16/h4-7,16-17,20H,8-13H2,1-3H3. The van der Waals surface area contributed by atoms with Crippen LogP contribution in [0.4, 0.5) is 0 Å². The molecule has 1 aliphatic rings. The summed E-state index contributed by atoms with van der Waals surface area (Å²) in [7, 11) is 4.38. The monoisotopic (exact) mass is 276 g/mol. The van der Waals surface area contributed by atoms with E-state index in [1.165, 1.54) is 31.5 Å². The highest BCUT2D eigenvalue weighted by atomic mass is 16.3. The molecule has 1 saturated heterocycles. The number of rotatable bonds is 5. The van der Waals surface area contributed by atoms with E-state index in [0.717, 1.165) is 18.5 Å². The third kappa shape index (κ3) is 4.30. The average molecular weight is 276 g/mol. The van der Waals surface area contributed by atoms with E-state index in [9.17, 15) is 5.11 Å². The van der Waals surface area contributed by atoms with Crippen LogP contribution in [0.3, 0.4) is 0 Å². The van der Waals surface area contributed by atoms with Crippen LogP contribution in [0.15, 0.2) is 24.3 Å². The summed E-state index contributed by atoms with van der Waals surface area (Å²) >= 11 is 0. The minimum absolute atomic E-state index is 0.343. The minimum atomic E-state index is -0.343. The van der Waals surface area contributed by atoms with Gasteiger partial charge < -0.3 is 14.9 Å². The Hall–Kier alpha value is -0.900. The second-order valence-electron chi connectivity index (χ2n) is 6.23. The normalized spacial score (nSPS) is 19.4. The lowest BCUT2D eigenvalue weighted by atomic mass is 10.0. The largest absolute Gasteiger partial charge is 0.388 e. The van der Waals surface area contributed by atoms with E-state index in [4.69, 9.17) is 0 Å². The zero-order valence-corrected chi connectivity index (χ0v) is 13.0. The summed E-state index contributed by atoms with van der Waals surface area (Å²) in [5.74, 6) is 0. The van der Waals surface area contributed by atoms with E-state index in [1.807, 2.05) is 12.1 Å². The molecule has 0 bridgehead atoms. The summed E-state index contributed by atoms with van der Waals surface area (Å²) in [5, 5.41) is 10.3. The molecule has 1 unspecified atom stereocenters. The maximum Gasteiger partial charge on any atom is 0.0802 e. The van der Waals surface area contributed by atoms with Gasteiger partial charge in [0.1, 0.15) is 0 Å². The van der Waals surface area contributed by atoms with Gasteiger partial charge in [-0.05, 0) is 58.9 Å². The second-order valence-corrected chi connectivity index (χ2v) is 6.23. The first-order chi connectivity index (χ1) is 9.56. The van der Waals surface area contributed by atoms with Crippen LogP contribution >= 0.6 is 0 Å². The Morgan fingerprint density at radius 2 is 1.85 bits per heavy atom. The van der Waals surface area contributed by atoms with Gasteiger partial charge in [-0.1, -0.05) is 29.8 Å². The van der Waals surface area contributed by atoms with E-state index < -0.39 is 0 Å². The molecule has 0 spiro atoms. The molecule has 3 heteroatoms. The lowest BCUT2D eigenvalue weighted by molar-refractivity contribution is 0.110. The van der Waals surface area contributed by atoms with Crippen molar-refractivity contribution >= 4 is 0 Å². The van der Waals surface area contributed by atoms with E-state index in [-0.39, 0.29) is 6.10 Å². The number of aliphatic hydroxyl groups is 1. The molecule has 0 radical (unpaired) electrons. The van der Waals surface area contributed by atoms with Crippen LogP contribution in [0.5, 0.6) is 0 Å². The van der Waals surface area contributed by atoms with Crippen LogP contribution in [0, 0.1) is 6.92 Å². The maximum atomic E-state index is 10.3. The quantitative estimate of drug-likeness (QED) is 0.895. The van der Waals surface area contributed by atoms with Crippen molar-refractivity contribution in [3.63, 3.8) is 0 Å². The highest BCUT2D eigenvalue weighted by molar-refractivity contribution is 5.23. The number of hydrogen-bond donors (Lipinski definition) is 1. The Bertz CT molecular complexity index is 396. The molecular weight excluding hydrogens is 248 g/mol. The van der Waals surface area contributed by atoms with Gasteiger partial charge in [-0.25, -0.2) is 0 Å². The number of piperidine rings is 1. The minimum Gasteiger partial charge on any atom is -0.388 e. The summed E-state index contributed by atoms with van der Waals surface area (Å²) in [6.07, 6.45) is 2.96. The van der Waals surface area contributed by atoms with E-state index in [2.05, 4.69) is 43.0 Å². The van der Waals surface area contributed by atoms with E-state index in [1.54, 1.807) is 0 Å². The van der Waals surface area contributed by atoms with Crippen LogP contribution in [-0.2, 0) is 0 Å². The first kappa shape index (κ1) is 15.5. The van der Waals surface area contributed by atoms with Crippen LogP contribution < -0.4 is 0 Å². The van der Waals surface area contributed by atoms with Gasteiger partial charge in [0.25, 0.3) is 0 Å². The molecule has 1 N–H and O–H groups in total. The van der Waals surface area contributed by atoms with Crippen molar-refractivity contribution in [1.82, 2.24) is 9.80 Å². The molecule has 2 rings (SSSR count). The fraction of sp³-hybridized carbons (Fsp3) is 0.647.